The first kappa shape index (κ1) is 35.7. The first-order valence-electron chi connectivity index (χ1n) is 21.3. The van der Waals surface area contributed by atoms with E-state index in [1.54, 1.807) is 0 Å². The summed E-state index contributed by atoms with van der Waals surface area (Å²) in [5, 5.41) is 10.2. The largest absolute Gasteiger partial charge is 0.310 e. The van der Waals surface area contributed by atoms with Crippen LogP contribution in [0.15, 0.2) is 243 Å². The minimum absolute atomic E-state index is 1.09. The van der Waals surface area contributed by atoms with Crippen molar-refractivity contribution in [1.82, 2.24) is 4.57 Å². The molecule has 0 radical (unpaired) electrons. The zero-order chi connectivity index (χ0) is 41.0. The van der Waals surface area contributed by atoms with Crippen LogP contribution in [0.1, 0.15) is 0 Å². The molecule has 0 fully saturated rings. The third-order valence-electron chi connectivity index (χ3n) is 12.6. The number of nitrogens with zero attached hydrogens (tertiary/aromatic N) is 2. The van der Waals surface area contributed by atoms with Crippen molar-refractivity contribution in [1.29, 1.82) is 0 Å². The highest BCUT2D eigenvalue weighted by atomic mass is 15.1. The molecule has 1 heterocycles. The molecule has 2 heteroatoms. The summed E-state index contributed by atoms with van der Waals surface area (Å²) in [6.07, 6.45) is 0. The lowest BCUT2D eigenvalue weighted by Crippen LogP contribution is -2.10. The van der Waals surface area contributed by atoms with Gasteiger partial charge < -0.3 is 9.47 Å². The molecule has 0 amide bonds. The Bertz CT molecular complexity index is 3560. The molecular weight excluding hydrogens is 749 g/mol. The van der Waals surface area contributed by atoms with Gasteiger partial charge in [0.2, 0.25) is 0 Å². The molecule has 290 valence electrons. The van der Waals surface area contributed by atoms with Crippen LogP contribution in [0.4, 0.5) is 17.1 Å². The van der Waals surface area contributed by atoms with E-state index in [1.807, 2.05) is 0 Å². The van der Waals surface area contributed by atoms with Crippen LogP contribution in [0.25, 0.3) is 93.2 Å². The van der Waals surface area contributed by atoms with Crippen molar-refractivity contribution >= 4 is 71.2 Å². The summed E-state index contributed by atoms with van der Waals surface area (Å²) in [5.74, 6) is 0. The van der Waals surface area contributed by atoms with Crippen molar-refractivity contribution in [2.24, 2.45) is 0 Å². The van der Waals surface area contributed by atoms with Gasteiger partial charge in [-0.3, -0.25) is 0 Å². The van der Waals surface area contributed by atoms with Crippen LogP contribution in [0.5, 0.6) is 0 Å². The maximum atomic E-state index is 2.41. The Labute approximate surface area is 360 Å². The molecule has 2 nitrogen and oxygen atoms in total. The van der Waals surface area contributed by atoms with Gasteiger partial charge in [0.25, 0.3) is 0 Å². The lowest BCUT2D eigenvalue weighted by Gasteiger charge is -2.26. The number of para-hydroxylation sites is 3. The third kappa shape index (κ3) is 6.04. The number of benzene rings is 11. The summed E-state index contributed by atoms with van der Waals surface area (Å²) in [6, 6.07) is 88.4. The van der Waals surface area contributed by atoms with Crippen molar-refractivity contribution in [3.63, 3.8) is 0 Å². The Morgan fingerprint density at radius 3 is 1.53 bits per heavy atom. The Balaban J connectivity index is 0.943. The van der Waals surface area contributed by atoms with Crippen LogP contribution in [0.3, 0.4) is 0 Å². The smallest absolute Gasteiger partial charge is 0.0541 e. The van der Waals surface area contributed by atoms with Gasteiger partial charge in [-0.1, -0.05) is 182 Å². The zero-order valence-corrected chi connectivity index (χ0v) is 34.0. The first-order chi connectivity index (χ1) is 30.7. The molecule has 0 aliphatic rings. The number of hydrogen-bond acceptors (Lipinski definition) is 1. The maximum absolute atomic E-state index is 2.41. The molecule has 0 aliphatic heterocycles. The van der Waals surface area contributed by atoms with Crippen molar-refractivity contribution in [3.05, 3.63) is 243 Å². The summed E-state index contributed by atoms with van der Waals surface area (Å²) >= 11 is 0. The highest BCUT2D eigenvalue weighted by Gasteiger charge is 2.18. The Hall–Kier alpha value is -8.20. The zero-order valence-electron chi connectivity index (χ0n) is 34.0. The van der Waals surface area contributed by atoms with Crippen LogP contribution in [0, 0.1) is 0 Å². The molecule has 0 spiro atoms. The summed E-state index contributed by atoms with van der Waals surface area (Å²) in [6.45, 7) is 0. The van der Waals surface area contributed by atoms with E-state index in [4.69, 9.17) is 0 Å². The van der Waals surface area contributed by atoms with Gasteiger partial charge in [0.15, 0.2) is 0 Å². The molecule has 0 N–H and O–H groups in total. The predicted octanol–water partition coefficient (Wildman–Crippen LogP) is 16.7. The highest BCUT2D eigenvalue weighted by Crippen LogP contribution is 2.41. The van der Waals surface area contributed by atoms with Gasteiger partial charge in [-0.25, -0.2) is 0 Å². The fourth-order valence-corrected chi connectivity index (χ4v) is 9.61. The lowest BCUT2D eigenvalue weighted by molar-refractivity contribution is 1.18. The predicted molar refractivity (Wildman–Crippen MR) is 264 cm³/mol. The quantitative estimate of drug-likeness (QED) is 0.146. The standard InChI is InChI=1S/C60H40N2/c1-2-13-41(14-3-1)46-16-12-17-51(40-46)61(49-34-29-42(30-35-49)47-33-38-54-48(39-47)28-27-45-26-25-43-15-4-5-19-53(43)60(45)54)50-36-31-44(32-37-50)52-18-6-9-22-57(52)62-58-23-10-7-20-55(58)56-21-8-11-24-59(56)62/h1-40H. The summed E-state index contributed by atoms with van der Waals surface area (Å²) < 4.78 is 2.41. The van der Waals surface area contributed by atoms with Crippen LogP contribution in [-0.4, -0.2) is 4.57 Å². The fraction of sp³-hybridized carbons (Fsp3) is 0. The number of rotatable bonds is 7. The lowest BCUT2D eigenvalue weighted by atomic mass is 9.94. The van der Waals surface area contributed by atoms with Crippen LogP contribution in [0.2, 0.25) is 0 Å². The fourth-order valence-electron chi connectivity index (χ4n) is 9.61. The molecular formula is C60H40N2. The molecule has 0 saturated heterocycles. The summed E-state index contributed by atoms with van der Waals surface area (Å²) in [4.78, 5) is 2.37. The normalized spacial score (nSPS) is 11.5. The van der Waals surface area contributed by atoms with Gasteiger partial charge in [0.1, 0.15) is 0 Å². The SMILES string of the molecule is c1ccc(-c2cccc(N(c3ccc(-c4ccc5c(ccc6ccc7ccccc7c65)c4)cc3)c3ccc(-c4ccccc4-n4c5ccccc5c5ccccc54)cc3)c2)cc1. The average molecular weight is 789 g/mol. The second-order valence-corrected chi connectivity index (χ2v) is 16.1. The van der Waals surface area contributed by atoms with E-state index in [0.29, 0.717) is 0 Å². The molecule has 12 rings (SSSR count). The van der Waals surface area contributed by atoms with E-state index >= 15 is 0 Å². The maximum Gasteiger partial charge on any atom is 0.0541 e. The molecule has 0 bridgehead atoms. The van der Waals surface area contributed by atoms with E-state index in [2.05, 4.69) is 252 Å². The number of hydrogen-bond donors (Lipinski definition) is 0. The van der Waals surface area contributed by atoms with E-state index < -0.39 is 0 Å². The molecule has 11 aromatic carbocycles. The second-order valence-electron chi connectivity index (χ2n) is 16.1. The van der Waals surface area contributed by atoms with Crippen molar-refractivity contribution in [3.8, 4) is 39.1 Å². The molecule has 62 heavy (non-hydrogen) atoms. The van der Waals surface area contributed by atoms with Crippen LogP contribution < -0.4 is 4.90 Å². The van der Waals surface area contributed by atoms with Crippen LogP contribution in [-0.2, 0) is 0 Å². The van der Waals surface area contributed by atoms with Gasteiger partial charge in [0.05, 0.1) is 16.7 Å². The van der Waals surface area contributed by atoms with E-state index in [-0.39, 0.29) is 0 Å². The molecule has 0 unspecified atom stereocenters. The minimum atomic E-state index is 1.09. The molecule has 12 aromatic rings. The van der Waals surface area contributed by atoms with Gasteiger partial charge in [-0.15, -0.1) is 0 Å². The van der Waals surface area contributed by atoms with Gasteiger partial charge in [-0.05, 0) is 121 Å². The van der Waals surface area contributed by atoms with Crippen molar-refractivity contribution in [2.45, 2.75) is 0 Å². The average Bonchev–Trinajstić information content (AvgIpc) is 3.69. The first-order valence-corrected chi connectivity index (χ1v) is 21.3. The number of anilines is 3. The number of fused-ring (bicyclic) bond motifs is 8. The van der Waals surface area contributed by atoms with Crippen molar-refractivity contribution in [2.75, 3.05) is 4.90 Å². The second kappa shape index (κ2) is 14.8. The highest BCUT2D eigenvalue weighted by molar-refractivity contribution is 6.20. The number of aromatic nitrogens is 1. The van der Waals surface area contributed by atoms with E-state index in [9.17, 15) is 0 Å². The molecule has 0 atom stereocenters. The Morgan fingerprint density at radius 1 is 0.274 bits per heavy atom. The molecule has 0 saturated carbocycles. The topological polar surface area (TPSA) is 8.17 Å². The monoisotopic (exact) mass is 788 g/mol. The van der Waals surface area contributed by atoms with Crippen LogP contribution >= 0.6 is 0 Å². The van der Waals surface area contributed by atoms with Crippen molar-refractivity contribution < 1.29 is 0 Å². The van der Waals surface area contributed by atoms with Gasteiger partial charge in [-0.2, -0.15) is 0 Å². The summed E-state index contributed by atoms with van der Waals surface area (Å²) in [5.41, 5.74) is 14.0. The molecule has 1 aromatic heterocycles. The Kier molecular flexibility index (Phi) is 8.53. The van der Waals surface area contributed by atoms with E-state index in [0.717, 1.165) is 28.3 Å². The minimum Gasteiger partial charge on any atom is -0.310 e. The Morgan fingerprint density at radius 2 is 0.790 bits per heavy atom. The van der Waals surface area contributed by atoms with E-state index in [1.165, 1.54) is 81.9 Å². The van der Waals surface area contributed by atoms with Gasteiger partial charge in [0, 0.05) is 33.4 Å². The van der Waals surface area contributed by atoms with Gasteiger partial charge >= 0.3 is 0 Å². The summed E-state index contributed by atoms with van der Waals surface area (Å²) in [7, 11) is 0. The third-order valence-corrected chi connectivity index (χ3v) is 12.6. The molecule has 0 aliphatic carbocycles.